The highest BCUT2D eigenvalue weighted by atomic mass is 16.5. The van der Waals surface area contributed by atoms with Crippen molar-refractivity contribution in [2.75, 3.05) is 19.6 Å². The maximum Gasteiger partial charge on any atom is 0.234 e. The van der Waals surface area contributed by atoms with E-state index in [1.165, 1.54) is 0 Å². The number of hydrogen-bond donors (Lipinski definition) is 2. The van der Waals surface area contributed by atoms with Gasteiger partial charge in [0.05, 0.1) is 12.6 Å². The fourth-order valence-corrected chi connectivity index (χ4v) is 3.24. The quantitative estimate of drug-likeness (QED) is 0.819. The van der Waals surface area contributed by atoms with Gasteiger partial charge in [-0.2, -0.15) is 0 Å². The molecule has 1 saturated heterocycles. The predicted molar refractivity (Wildman–Crippen MR) is 104 cm³/mol. The summed E-state index contributed by atoms with van der Waals surface area (Å²) in [6.45, 7) is 6.22. The van der Waals surface area contributed by atoms with Crippen LogP contribution in [0.3, 0.4) is 0 Å². The Labute approximate surface area is 160 Å². The molecule has 144 valence electrons. The van der Waals surface area contributed by atoms with E-state index in [-0.39, 0.29) is 12.0 Å². The minimum absolute atomic E-state index is 0.0340. The summed E-state index contributed by atoms with van der Waals surface area (Å²) in [4.78, 5) is 18.7. The van der Waals surface area contributed by atoms with Gasteiger partial charge in [0.25, 0.3) is 0 Å². The lowest BCUT2D eigenvalue weighted by Gasteiger charge is -2.28. The van der Waals surface area contributed by atoms with Crippen LogP contribution in [-0.2, 0) is 11.3 Å². The molecule has 1 fully saturated rings. The number of nitrogens with zero attached hydrogens (tertiary/aromatic N) is 2. The zero-order valence-electron chi connectivity index (χ0n) is 15.9. The van der Waals surface area contributed by atoms with E-state index < -0.39 is 0 Å². The number of aryl methyl sites for hydroxylation is 2. The smallest absolute Gasteiger partial charge is 0.234 e. The van der Waals surface area contributed by atoms with Gasteiger partial charge in [0, 0.05) is 31.4 Å². The number of amides is 1. The van der Waals surface area contributed by atoms with Crippen LogP contribution in [-0.4, -0.2) is 46.6 Å². The van der Waals surface area contributed by atoms with Gasteiger partial charge >= 0.3 is 0 Å². The summed E-state index contributed by atoms with van der Waals surface area (Å²) in [7, 11) is 0. The number of nitrogens with one attached hydrogen (secondary N) is 1. The molecule has 2 heterocycles. The SMILES string of the molecule is Cc1cccc(C)c1Oc1ncccc1CNC(=O)CN1CCC(O)CC1. The van der Waals surface area contributed by atoms with Crippen molar-refractivity contribution >= 4 is 5.91 Å². The number of hydrogen-bond acceptors (Lipinski definition) is 5. The summed E-state index contributed by atoms with van der Waals surface area (Å²) < 4.78 is 6.06. The van der Waals surface area contributed by atoms with Gasteiger partial charge in [0.2, 0.25) is 11.8 Å². The highest BCUT2D eigenvalue weighted by molar-refractivity contribution is 5.78. The van der Waals surface area contributed by atoms with Crippen molar-refractivity contribution in [3.05, 3.63) is 53.2 Å². The number of pyridine rings is 1. The van der Waals surface area contributed by atoms with Crippen LogP contribution in [0.2, 0.25) is 0 Å². The van der Waals surface area contributed by atoms with Crippen LogP contribution in [0.1, 0.15) is 29.5 Å². The predicted octanol–water partition coefficient (Wildman–Crippen LogP) is 2.56. The third-order valence-corrected chi connectivity index (χ3v) is 4.86. The Balaban J connectivity index is 1.60. The molecule has 0 unspecified atom stereocenters. The van der Waals surface area contributed by atoms with Crippen molar-refractivity contribution in [2.45, 2.75) is 39.3 Å². The summed E-state index contributed by atoms with van der Waals surface area (Å²) >= 11 is 0. The van der Waals surface area contributed by atoms with Crippen molar-refractivity contribution < 1.29 is 14.6 Å². The van der Waals surface area contributed by atoms with Crippen molar-refractivity contribution in [1.82, 2.24) is 15.2 Å². The van der Waals surface area contributed by atoms with Crippen LogP contribution in [0.15, 0.2) is 36.5 Å². The maximum atomic E-state index is 12.3. The van der Waals surface area contributed by atoms with Crippen molar-refractivity contribution in [3.63, 3.8) is 0 Å². The van der Waals surface area contributed by atoms with E-state index in [1.54, 1.807) is 6.20 Å². The molecule has 0 bridgehead atoms. The number of carbonyl (C=O) groups excluding carboxylic acids is 1. The number of aliphatic hydroxyl groups excluding tert-OH is 1. The zero-order valence-corrected chi connectivity index (χ0v) is 15.9. The first-order valence-corrected chi connectivity index (χ1v) is 9.38. The maximum absolute atomic E-state index is 12.3. The Bertz CT molecular complexity index is 766. The molecule has 2 N–H and O–H groups in total. The number of rotatable bonds is 6. The Morgan fingerprint density at radius 1 is 1.22 bits per heavy atom. The Morgan fingerprint density at radius 2 is 1.93 bits per heavy atom. The molecule has 27 heavy (non-hydrogen) atoms. The van der Waals surface area contributed by atoms with E-state index in [9.17, 15) is 9.90 Å². The second-order valence-electron chi connectivity index (χ2n) is 7.07. The van der Waals surface area contributed by atoms with Crippen LogP contribution in [0.25, 0.3) is 0 Å². The van der Waals surface area contributed by atoms with Crippen LogP contribution >= 0.6 is 0 Å². The van der Waals surface area contributed by atoms with Crippen LogP contribution in [0.5, 0.6) is 11.6 Å². The molecule has 1 amide bonds. The molecule has 6 heteroatoms. The average Bonchev–Trinajstić information content (AvgIpc) is 2.66. The minimum Gasteiger partial charge on any atom is -0.438 e. The molecule has 0 saturated carbocycles. The number of benzene rings is 1. The third kappa shape index (κ3) is 5.28. The minimum atomic E-state index is -0.232. The van der Waals surface area contributed by atoms with Gasteiger partial charge < -0.3 is 15.2 Å². The molecule has 0 radical (unpaired) electrons. The van der Waals surface area contributed by atoms with Crippen LogP contribution in [0, 0.1) is 13.8 Å². The van der Waals surface area contributed by atoms with Gasteiger partial charge in [-0.25, -0.2) is 4.98 Å². The Hall–Kier alpha value is -2.44. The number of likely N-dealkylation sites (tertiary alicyclic amines) is 1. The fourth-order valence-electron chi connectivity index (χ4n) is 3.24. The van der Waals surface area contributed by atoms with Gasteiger partial charge in [0.1, 0.15) is 5.75 Å². The Kier molecular flexibility index (Phi) is 6.42. The lowest BCUT2D eigenvalue weighted by molar-refractivity contribution is -0.123. The molecular formula is C21H27N3O3. The molecule has 1 aromatic heterocycles. The van der Waals surface area contributed by atoms with E-state index in [1.807, 2.05) is 44.2 Å². The van der Waals surface area contributed by atoms with Crippen LogP contribution in [0.4, 0.5) is 0 Å². The van der Waals surface area contributed by atoms with E-state index in [0.717, 1.165) is 48.4 Å². The van der Waals surface area contributed by atoms with Gasteiger partial charge in [-0.3, -0.25) is 9.69 Å². The third-order valence-electron chi connectivity index (χ3n) is 4.86. The largest absolute Gasteiger partial charge is 0.438 e. The zero-order chi connectivity index (χ0) is 19.2. The molecule has 6 nitrogen and oxygen atoms in total. The molecule has 0 atom stereocenters. The highest BCUT2D eigenvalue weighted by Gasteiger charge is 2.19. The first kappa shape index (κ1) is 19.3. The molecule has 1 aliphatic heterocycles. The number of para-hydroxylation sites is 1. The summed E-state index contributed by atoms with van der Waals surface area (Å²) in [6, 6.07) is 9.75. The van der Waals surface area contributed by atoms with E-state index in [2.05, 4.69) is 15.2 Å². The average molecular weight is 369 g/mol. The van der Waals surface area contributed by atoms with Crippen molar-refractivity contribution in [2.24, 2.45) is 0 Å². The van der Waals surface area contributed by atoms with Gasteiger partial charge in [0.15, 0.2) is 0 Å². The number of carbonyl (C=O) groups is 1. The number of ether oxygens (including phenoxy) is 1. The number of aromatic nitrogens is 1. The molecule has 1 aromatic carbocycles. The second-order valence-corrected chi connectivity index (χ2v) is 7.07. The Morgan fingerprint density at radius 3 is 2.63 bits per heavy atom. The van der Waals surface area contributed by atoms with E-state index in [4.69, 9.17) is 4.74 Å². The van der Waals surface area contributed by atoms with Crippen molar-refractivity contribution in [1.29, 1.82) is 0 Å². The molecule has 1 aliphatic rings. The number of piperidine rings is 1. The van der Waals surface area contributed by atoms with E-state index in [0.29, 0.717) is 19.0 Å². The highest BCUT2D eigenvalue weighted by Crippen LogP contribution is 2.29. The molecular weight excluding hydrogens is 342 g/mol. The topological polar surface area (TPSA) is 74.7 Å². The standard InChI is InChI=1S/C21H27N3O3/c1-15-5-3-6-16(2)20(15)27-21-17(7-4-10-22-21)13-23-19(26)14-24-11-8-18(25)9-12-24/h3-7,10,18,25H,8-9,11-14H2,1-2H3,(H,23,26). The monoisotopic (exact) mass is 369 g/mol. The van der Waals surface area contributed by atoms with Crippen molar-refractivity contribution in [3.8, 4) is 11.6 Å². The van der Waals surface area contributed by atoms with Gasteiger partial charge in [-0.15, -0.1) is 0 Å². The summed E-state index contributed by atoms with van der Waals surface area (Å²) in [5.74, 6) is 1.28. The lowest BCUT2D eigenvalue weighted by Crippen LogP contribution is -2.42. The molecule has 2 aromatic rings. The summed E-state index contributed by atoms with van der Waals surface area (Å²) in [6.07, 6.45) is 2.91. The van der Waals surface area contributed by atoms with Gasteiger partial charge in [-0.05, 0) is 43.9 Å². The molecule has 0 aliphatic carbocycles. The van der Waals surface area contributed by atoms with Crippen LogP contribution < -0.4 is 10.1 Å². The fraction of sp³-hybridized carbons (Fsp3) is 0.429. The summed E-state index contributed by atoms with van der Waals surface area (Å²) in [5, 5.41) is 12.5. The van der Waals surface area contributed by atoms with E-state index >= 15 is 0 Å². The molecule has 0 spiro atoms. The first-order valence-electron chi connectivity index (χ1n) is 9.38. The first-order chi connectivity index (χ1) is 13.0. The van der Waals surface area contributed by atoms with Gasteiger partial charge in [-0.1, -0.05) is 24.3 Å². The second kappa shape index (κ2) is 8.97. The summed E-state index contributed by atoms with van der Waals surface area (Å²) in [5.41, 5.74) is 2.92. The lowest BCUT2D eigenvalue weighted by atomic mass is 10.1. The number of aliphatic hydroxyl groups is 1. The molecule has 3 rings (SSSR count). The normalized spacial score (nSPS) is 15.5.